The third-order valence-corrected chi connectivity index (χ3v) is 3.38. The summed E-state index contributed by atoms with van der Waals surface area (Å²) in [6.45, 7) is 0.668. The van der Waals surface area contributed by atoms with Crippen LogP contribution >= 0.6 is 12.2 Å². The van der Waals surface area contributed by atoms with E-state index in [-0.39, 0.29) is 0 Å². The topological polar surface area (TPSA) is 54.8 Å². The van der Waals surface area contributed by atoms with E-state index in [0.29, 0.717) is 11.7 Å². The molecular weight excluding hydrogens is 294 g/mol. The lowest BCUT2D eigenvalue weighted by Crippen LogP contribution is -2.27. The van der Waals surface area contributed by atoms with Gasteiger partial charge in [0.05, 0.1) is 6.33 Å². The van der Waals surface area contributed by atoms with Crippen LogP contribution in [0.3, 0.4) is 0 Å². The Hall–Kier alpha value is -2.73. The predicted octanol–water partition coefficient (Wildman–Crippen LogP) is 2.75. The van der Waals surface area contributed by atoms with Crippen LogP contribution < -0.4 is 10.6 Å². The molecule has 0 radical (unpaired) electrons. The average molecular weight is 309 g/mol. The fraction of sp³-hybridized carbons (Fsp3) is 0.0625. The summed E-state index contributed by atoms with van der Waals surface area (Å²) in [4.78, 5) is 8.01. The van der Waals surface area contributed by atoms with Gasteiger partial charge in [-0.3, -0.25) is 4.98 Å². The lowest BCUT2D eigenvalue weighted by Gasteiger charge is -2.11. The van der Waals surface area contributed by atoms with E-state index in [1.54, 1.807) is 24.9 Å². The predicted molar refractivity (Wildman–Crippen MR) is 90.9 cm³/mol. The Morgan fingerprint density at radius 1 is 1.00 bits per heavy atom. The number of thiocarbonyl (C=S) groups is 1. The maximum atomic E-state index is 5.27. The fourth-order valence-electron chi connectivity index (χ4n) is 1.99. The van der Waals surface area contributed by atoms with Gasteiger partial charge >= 0.3 is 0 Å². The number of pyridine rings is 1. The van der Waals surface area contributed by atoms with Crippen molar-refractivity contribution in [3.8, 4) is 5.69 Å². The van der Waals surface area contributed by atoms with Crippen molar-refractivity contribution in [2.24, 2.45) is 0 Å². The first-order valence-electron chi connectivity index (χ1n) is 6.83. The van der Waals surface area contributed by atoms with E-state index in [1.165, 1.54) is 0 Å². The summed E-state index contributed by atoms with van der Waals surface area (Å²) in [5.41, 5.74) is 3.16. The minimum atomic E-state index is 0.588. The van der Waals surface area contributed by atoms with Crippen molar-refractivity contribution in [1.29, 1.82) is 0 Å². The van der Waals surface area contributed by atoms with E-state index >= 15 is 0 Å². The molecule has 0 saturated heterocycles. The van der Waals surface area contributed by atoms with Gasteiger partial charge in [0, 0.05) is 42.7 Å². The van der Waals surface area contributed by atoms with Crippen LogP contribution in [-0.2, 0) is 6.54 Å². The van der Waals surface area contributed by atoms with E-state index in [2.05, 4.69) is 44.9 Å². The molecule has 22 heavy (non-hydrogen) atoms. The van der Waals surface area contributed by atoms with Gasteiger partial charge < -0.3 is 15.2 Å². The molecule has 0 aliphatic heterocycles. The maximum Gasteiger partial charge on any atom is 0.171 e. The molecule has 1 aromatic carbocycles. The van der Waals surface area contributed by atoms with Crippen LogP contribution in [0.1, 0.15) is 5.56 Å². The zero-order valence-electron chi connectivity index (χ0n) is 11.8. The van der Waals surface area contributed by atoms with Gasteiger partial charge in [-0.15, -0.1) is 0 Å². The highest BCUT2D eigenvalue weighted by Gasteiger charge is 1.99. The zero-order chi connectivity index (χ0) is 15.2. The highest BCUT2D eigenvalue weighted by molar-refractivity contribution is 7.80. The van der Waals surface area contributed by atoms with Crippen LogP contribution in [0.4, 0.5) is 5.69 Å². The standard InChI is InChI=1S/C16H15N5S/c22-16(20-14-5-7-17-8-6-14)19-11-13-1-3-15(4-2-13)21-10-9-18-12-21/h1-10,12H,11H2,(H2,17,19,20,22). The zero-order valence-corrected chi connectivity index (χ0v) is 12.6. The Balaban J connectivity index is 1.54. The summed E-state index contributed by atoms with van der Waals surface area (Å²) in [6, 6.07) is 12.0. The van der Waals surface area contributed by atoms with Gasteiger partial charge in [0.25, 0.3) is 0 Å². The Kier molecular flexibility index (Phi) is 4.41. The number of aromatic nitrogens is 3. The summed E-state index contributed by atoms with van der Waals surface area (Å²) in [6.07, 6.45) is 8.90. The van der Waals surface area contributed by atoms with Gasteiger partial charge in [-0.2, -0.15) is 0 Å². The van der Waals surface area contributed by atoms with Gasteiger partial charge in [-0.1, -0.05) is 12.1 Å². The number of hydrogen-bond donors (Lipinski definition) is 2. The first-order chi connectivity index (χ1) is 10.8. The summed E-state index contributed by atoms with van der Waals surface area (Å²) in [5, 5.41) is 6.88. The van der Waals surface area contributed by atoms with Crippen LogP contribution in [0.2, 0.25) is 0 Å². The second kappa shape index (κ2) is 6.82. The molecule has 0 saturated carbocycles. The number of rotatable bonds is 4. The van der Waals surface area contributed by atoms with Gasteiger partial charge in [0.1, 0.15) is 0 Å². The van der Waals surface area contributed by atoms with Crippen LogP contribution in [-0.4, -0.2) is 19.6 Å². The third kappa shape index (κ3) is 3.67. The molecule has 2 heterocycles. The Bertz CT molecular complexity index is 723. The molecule has 2 aromatic heterocycles. The minimum absolute atomic E-state index is 0.588. The minimum Gasteiger partial charge on any atom is -0.358 e. The highest BCUT2D eigenvalue weighted by Crippen LogP contribution is 2.09. The Morgan fingerprint density at radius 3 is 2.45 bits per heavy atom. The molecule has 0 amide bonds. The van der Waals surface area contributed by atoms with Gasteiger partial charge in [-0.05, 0) is 42.0 Å². The van der Waals surface area contributed by atoms with Crippen molar-refractivity contribution < 1.29 is 0 Å². The molecule has 6 heteroatoms. The SMILES string of the molecule is S=C(NCc1ccc(-n2ccnc2)cc1)Nc1ccncc1. The molecule has 0 bridgehead atoms. The normalized spacial score (nSPS) is 10.2. The lowest BCUT2D eigenvalue weighted by atomic mass is 10.2. The van der Waals surface area contributed by atoms with Crippen LogP contribution in [0.5, 0.6) is 0 Å². The highest BCUT2D eigenvalue weighted by atomic mass is 32.1. The van der Waals surface area contributed by atoms with Gasteiger partial charge in [-0.25, -0.2) is 4.98 Å². The third-order valence-electron chi connectivity index (χ3n) is 3.13. The van der Waals surface area contributed by atoms with Crippen molar-refractivity contribution in [3.05, 3.63) is 73.1 Å². The molecule has 0 fully saturated rings. The van der Waals surface area contributed by atoms with Crippen LogP contribution in [0, 0.1) is 0 Å². The summed E-state index contributed by atoms with van der Waals surface area (Å²) < 4.78 is 1.97. The lowest BCUT2D eigenvalue weighted by molar-refractivity contribution is 0.923. The second-order valence-electron chi connectivity index (χ2n) is 4.68. The smallest absolute Gasteiger partial charge is 0.171 e. The molecule has 0 aliphatic rings. The molecule has 110 valence electrons. The van der Waals surface area contributed by atoms with Crippen LogP contribution in [0.15, 0.2) is 67.5 Å². The van der Waals surface area contributed by atoms with Crippen molar-refractivity contribution >= 4 is 23.0 Å². The number of benzene rings is 1. The number of anilines is 1. The molecule has 0 unspecified atom stereocenters. The quantitative estimate of drug-likeness (QED) is 0.726. The van der Waals surface area contributed by atoms with Gasteiger partial charge in [0.15, 0.2) is 5.11 Å². The van der Waals surface area contributed by atoms with E-state index < -0.39 is 0 Å². The van der Waals surface area contributed by atoms with Crippen molar-refractivity contribution in [3.63, 3.8) is 0 Å². The maximum absolute atomic E-state index is 5.27. The average Bonchev–Trinajstić information content (AvgIpc) is 3.09. The van der Waals surface area contributed by atoms with Crippen LogP contribution in [0.25, 0.3) is 5.69 Å². The monoisotopic (exact) mass is 309 g/mol. The fourth-order valence-corrected chi connectivity index (χ4v) is 2.18. The molecular formula is C16H15N5S. The van der Waals surface area contributed by atoms with E-state index in [0.717, 1.165) is 16.9 Å². The summed E-state index contributed by atoms with van der Waals surface area (Å²) >= 11 is 5.27. The van der Waals surface area contributed by atoms with E-state index in [1.807, 2.05) is 22.9 Å². The van der Waals surface area contributed by atoms with Gasteiger partial charge in [0.2, 0.25) is 0 Å². The van der Waals surface area contributed by atoms with Crippen molar-refractivity contribution in [2.45, 2.75) is 6.54 Å². The Morgan fingerprint density at radius 2 is 1.77 bits per heavy atom. The number of nitrogens with zero attached hydrogens (tertiary/aromatic N) is 3. The summed E-state index contributed by atoms with van der Waals surface area (Å²) in [5.74, 6) is 0. The summed E-state index contributed by atoms with van der Waals surface area (Å²) in [7, 11) is 0. The van der Waals surface area contributed by atoms with Crippen molar-refractivity contribution in [2.75, 3.05) is 5.32 Å². The molecule has 5 nitrogen and oxygen atoms in total. The molecule has 3 aromatic rings. The Labute approximate surface area is 134 Å². The molecule has 0 atom stereocenters. The molecule has 3 rings (SSSR count). The van der Waals surface area contributed by atoms with E-state index in [4.69, 9.17) is 12.2 Å². The number of hydrogen-bond acceptors (Lipinski definition) is 3. The van der Waals surface area contributed by atoms with E-state index in [9.17, 15) is 0 Å². The molecule has 0 spiro atoms. The molecule has 0 aliphatic carbocycles. The largest absolute Gasteiger partial charge is 0.358 e. The van der Waals surface area contributed by atoms with Crippen molar-refractivity contribution in [1.82, 2.24) is 19.9 Å². The molecule has 2 N–H and O–H groups in total. The number of nitrogens with one attached hydrogen (secondary N) is 2. The second-order valence-corrected chi connectivity index (χ2v) is 5.09. The first-order valence-corrected chi connectivity index (χ1v) is 7.24. The number of imidazole rings is 1. The first kappa shape index (κ1) is 14.2.